The van der Waals surface area contributed by atoms with Gasteiger partial charge in [-0.1, -0.05) is 0 Å². The molecule has 7 heteroatoms. The fourth-order valence-electron chi connectivity index (χ4n) is 1.37. The summed E-state index contributed by atoms with van der Waals surface area (Å²) in [4.78, 5) is 0. The van der Waals surface area contributed by atoms with E-state index in [0.717, 1.165) is 4.31 Å². The molecule has 2 rings (SSSR count). The Morgan fingerprint density at radius 1 is 1.41 bits per heavy atom. The number of hydrogen-bond acceptors (Lipinski definition) is 5. The van der Waals surface area contributed by atoms with E-state index >= 15 is 0 Å². The molecule has 2 heterocycles. The van der Waals surface area contributed by atoms with Crippen LogP contribution in [0.3, 0.4) is 0 Å². The number of nitrogens with one attached hydrogen (secondary N) is 1. The van der Waals surface area contributed by atoms with E-state index in [1.54, 1.807) is 6.07 Å². The smallest absolute Gasteiger partial charge is 0.275 e. The first-order chi connectivity index (χ1) is 8.00. The lowest BCUT2D eigenvalue weighted by Crippen LogP contribution is -2.45. The minimum atomic E-state index is -3.47. The topological polar surface area (TPSA) is 71.8 Å². The molecule has 0 bridgehead atoms. The molecule has 1 aliphatic rings. The minimum absolute atomic E-state index is 0.0239. The zero-order chi connectivity index (χ0) is 12.5. The van der Waals surface area contributed by atoms with Crippen LogP contribution >= 0.6 is 0 Å². The van der Waals surface area contributed by atoms with Gasteiger partial charge in [0.15, 0.2) is 0 Å². The van der Waals surface area contributed by atoms with Crippen LogP contribution in [0.2, 0.25) is 0 Å². The summed E-state index contributed by atoms with van der Waals surface area (Å²) in [6, 6.07) is 3.49. The van der Waals surface area contributed by atoms with Crippen LogP contribution < -0.4 is 5.32 Å². The summed E-state index contributed by atoms with van der Waals surface area (Å²) in [5, 5.41) is 3.18. The molecule has 1 aromatic rings. The lowest BCUT2D eigenvalue weighted by atomic mass is 10.2. The number of hydrogen-bond donors (Lipinski definition) is 1. The van der Waals surface area contributed by atoms with Crippen molar-refractivity contribution >= 4 is 10.0 Å². The lowest BCUT2D eigenvalue weighted by Gasteiger charge is -2.26. The van der Waals surface area contributed by atoms with Gasteiger partial charge in [-0.2, -0.15) is 0 Å². The number of furan rings is 1. The van der Waals surface area contributed by atoms with Crippen molar-refractivity contribution in [2.75, 3.05) is 27.3 Å². The molecule has 0 aliphatic carbocycles. The molecule has 0 radical (unpaired) electrons. The maximum atomic E-state index is 11.7. The van der Waals surface area contributed by atoms with Gasteiger partial charge in [-0.05, 0) is 12.1 Å². The average Bonchev–Trinajstić information content (AvgIpc) is 2.64. The molecule has 1 saturated heterocycles. The van der Waals surface area contributed by atoms with E-state index in [2.05, 4.69) is 5.32 Å². The highest BCUT2D eigenvalue weighted by molar-refractivity contribution is 7.88. The Morgan fingerprint density at radius 2 is 2.12 bits per heavy atom. The molecule has 1 fully saturated rings. The van der Waals surface area contributed by atoms with Crippen molar-refractivity contribution in [1.82, 2.24) is 9.62 Å². The molecule has 17 heavy (non-hydrogen) atoms. The summed E-state index contributed by atoms with van der Waals surface area (Å²) >= 11 is 0. The summed E-state index contributed by atoms with van der Waals surface area (Å²) in [7, 11) is -0.525. The normalized spacial score (nSPS) is 17.4. The Bertz CT molecular complexity index is 476. The second-order valence-electron chi connectivity index (χ2n) is 4.12. The summed E-state index contributed by atoms with van der Waals surface area (Å²) in [6.45, 7) is 1.91. The standard InChI is InChI=1S/C10H16N2O4S/c1-12(2)17(13,14)10-4-3-9(16-10)5-11-8-6-15-7-8/h3-4,8,11H,5-7H2,1-2H3. The van der Waals surface area contributed by atoms with Crippen molar-refractivity contribution in [1.29, 1.82) is 0 Å². The number of sulfonamides is 1. The minimum Gasteiger partial charge on any atom is -0.447 e. The molecule has 6 nitrogen and oxygen atoms in total. The fourth-order valence-corrected chi connectivity index (χ4v) is 2.18. The van der Waals surface area contributed by atoms with Gasteiger partial charge in [-0.3, -0.25) is 0 Å². The second-order valence-corrected chi connectivity index (χ2v) is 6.21. The first-order valence-corrected chi connectivity index (χ1v) is 6.76. The highest BCUT2D eigenvalue weighted by Gasteiger charge is 2.22. The molecule has 0 unspecified atom stereocenters. The van der Waals surface area contributed by atoms with E-state index < -0.39 is 10.0 Å². The predicted molar refractivity (Wildman–Crippen MR) is 61.0 cm³/mol. The molecule has 1 N–H and O–H groups in total. The largest absolute Gasteiger partial charge is 0.447 e. The first kappa shape index (κ1) is 12.6. The molecule has 0 saturated carbocycles. The van der Waals surface area contributed by atoms with E-state index in [0.29, 0.717) is 31.6 Å². The van der Waals surface area contributed by atoms with E-state index in [9.17, 15) is 8.42 Å². The van der Waals surface area contributed by atoms with Crippen LogP contribution in [-0.4, -0.2) is 46.1 Å². The SMILES string of the molecule is CN(C)S(=O)(=O)c1ccc(CNC2COC2)o1. The number of rotatable bonds is 5. The van der Waals surface area contributed by atoms with E-state index in [1.165, 1.54) is 20.2 Å². The quantitative estimate of drug-likeness (QED) is 0.808. The Hall–Kier alpha value is -0.890. The van der Waals surface area contributed by atoms with Crippen molar-refractivity contribution in [3.8, 4) is 0 Å². The number of ether oxygens (including phenoxy) is 1. The van der Waals surface area contributed by atoms with Gasteiger partial charge in [-0.15, -0.1) is 0 Å². The number of nitrogens with zero attached hydrogens (tertiary/aromatic N) is 1. The first-order valence-electron chi connectivity index (χ1n) is 5.32. The van der Waals surface area contributed by atoms with Crippen molar-refractivity contribution in [2.24, 2.45) is 0 Å². The molecule has 0 aromatic carbocycles. The van der Waals surface area contributed by atoms with E-state index in [4.69, 9.17) is 9.15 Å². The summed E-state index contributed by atoms with van der Waals surface area (Å²) in [5.41, 5.74) is 0. The third-order valence-corrected chi connectivity index (χ3v) is 4.26. The Labute approximate surface area is 101 Å². The monoisotopic (exact) mass is 260 g/mol. The highest BCUT2D eigenvalue weighted by Crippen LogP contribution is 2.17. The van der Waals surface area contributed by atoms with Gasteiger partial charge in [0, 0.05) is 14.1 Å². The molecule has 0 atom stereocenters. The van der Waals surface area contributed by atoms with Gasteiger partial charge < -0.3 is 14.5 Å². The van der Waals surface area contributed by atoms with Gasteiger partial charge in [0.1, 0.15) is 5.76 Å². The highest BCUT2D eigenvalue weighted by atomic mass is 32.2. The Morgan fingerprint density at radius 3 is 2.65 bits per heavy atom. The second kappa shape index (κ2) is 4.77. The van der Waals surface area contributed by atoms with Crippen LogP contribution in [0, 0.1) is 0 Å². The third kappa shape index (κ3) is 2.68. The van der Waals surface area contributed by atoms with E-state index in [1.807, 2.05) is 0 Å². The maximum absolute atomic E-state index is 11.7. The van der Waals surface area contributed by atoms with Crippen LogP contribution in [0.15, 0.2) is 21.6 Å². The van der Waals surface area contributed by atoms with Gasteiger partial charge in [0.25, 0.3) is 10.0 Å². The van der Waals surface area contributed by atoms with Crippen LogP contribution in [0.5, 0.6) is 0 Å². The fraction of sp³-hybridized carbons (Fsp3) is 0.600. The van der Waals surface area contributed by atoms with Crippen molar-refractivity contribution < 1.29 is 17.6 Å². The summed E-state index contributed by atoms with van der Waals surface area (Å²) in [5.74, 6) is 0.609. The van der Waals surface area contributed by atoms with Gasteiger partial charge in [-0.25, -0.2) is 12.7 Å². The van der Waals surface area contributed by atoms with Gasteiger partial charge in [0.2, 0.25) is 5.09 Å². The molecular weight excluding hydrogens is 244 g/mol. The average molecular weight is 260 g/mol. The zero-order valence-corrected chi connectivity index (χ0v) is 10.7. The summed E-state index contributed by atoms with van der Waals surface area (Å²) < 4.78 is 34.9. The third-order valence-electron chi connectivity index (χ3n) is 2.57. The van der Waals surface area contributed by atoms with Crippen LogP contribution in [0.1, 0.15) is 5.76 Å². The predicted octanol–water partition coefficient (Wildman–Crippen LogP) is 0.0183. The Kier molecular flexibility index (Phi) is 3.53. The molecule has 0 amide bonds. The molecular formula is C10H16N2O4S. The van der Waals surface area contributed by atoms with Gasteiger partial charge >= 0.3 is 0 Å². The van der Waals surface area contributed by atoms with Crippen LogP contribution in [-0.2, 0) is 21.3 Å². The van der Waals surface area contributed by atoms with Crippen molar-refractivity contribution in [3.05, 3.63) is 17.9 Å². The van der Waals surface area contributed by atoms with Crippen molar-refractivity contribution in [3.63, 3.8) is 0 Å². The maximum Gasteiger partial charge on any atom is 0.275 e. The lowest BCUT2D eigenvalue weighted by molar-refractivity contribution is -0.00652. The van der Waals surface area contributed by atoms with Crippen molar-refractivity contribution in [2.45, 2.75) is 17.7 Å². The van der Waals surface area contributed by atoms with Crippen LogP contribution in [0.4, 0.5) is 0 Å². The molecule has 96 valence electrons. The molecule has 1 aromatic heterocycles. The summed E-state index contributed by atoms with van der Waals surface area (Å²) in [6.07, 6.45) is 0. The zero-order valence-electron chi connectivity index (χ0n) is 9.84. The van der Waals surface area contributed by atoms with Crippen LogP contribution in [0.25, 0.3) is 0 Å². The van der Waals surface area contributed by atoms with E-state index in [-0.39, 0.29) is 5.09 Å². The molecule has 0 spiro atoms. The van der Waals surface area contributed by atoms with Gasteiger partial charge in [0.05, 0.1) is 25.8 Å². The molecule has 1 aliphatic heterocycles. The Balaban J connectivity index is 2.00.